The maximum Gasteiger partial charge on any atom is 0.309 e. The number of hydrogen-bond donors (Lipinski definition) is 1. The number of rotatable bonds is 4. The first-order valence-corrected chi connectivity index (χ1v) is 5.34. The van der Waals surface area contributed by atoms with Crippen LogP contribution in [0.4, 0.5) is 4.39 Å². The lowest BCUT2D eigenvalue weighted by Gasteiger charge is -2.21. The van der Waals surface area contributed by atoms with Gasteiger partial charge in [0, 0.05) is 6.07 Å². The van der Waals surface area contributed by atoms with Crippen LogP contribution in [-0.4, -0.2) is 18.2 Å². The van der Waals surface area contributed by atoms with E-state index >= 15 is 0 Å². The maximum absolute atomic E-state index is 13.3. The van der Waals surface area contributed by atoms with Gasteiger partial charge in [0.1, 0.15) is 11.6 Å². The Morgan fingerprint density at radius 1 is 1.47 bits per heavy atom. The molecule has 0 aliphatic heterocycles. The van der Waals surface area contributed by atoms with Gasteiger partial charge in [-0.2, -0.15) is 0 Å². The number of ether oxygens (including phenoxy) is 1. The molecule has 1 aromatic carbocycles. The van der Waals surface area contributed by atoms with E-state index in [0.717, 1.165) is 5.56 Å². The van der Waals surface area contributed by atoms with Crippen molar-refractivity contribution in [2.45, 2.75) is 27.2 Å². The summed E-state index contributed by atoms with van der Waals surface area (Å²) < 4.78 is 18.4. The van der Waals surface area contributed by atoms with Crippen LogP contribution in [0.2, 0.25) is 0 Å². The minimum absolute atomic E-state index is 0.266. The predicted molar refractivity (Wildman–Crippen MR) is 62.8 cm³/mol. The van der Waals surface area contributed by atoms with Crippen LogP contribution in [0.1, 0.15) is 25.0 Å². The number of hydrogen-bond acceptors (Lipinski definition) is 2. The normalized spacial score (nSPS) is 11.4. The second-order valence-corrected chi connectivity index (χ2v) is 4.76. The maximum atomic E-state index is 13.3. The number of aliphatic carboxylic acids is 1. The Kier molecular flexibility index (Phi) is 3.76. The third kappa shape index (κ3) is 2.96. The molecular weight excluding hydrogens is 223 g/mol. The Bertz CT molecular complexity index is 439. The number of carbonyl (C=O) groups is 1. The largest absolute Gasteiger partial charge is 0.496 e. The fraction of sp³-hybridized carbons (Fsp3) is 0.462. The number of carboxylic acids is 1. The van der Waals surface area contributed by atoms with Crippen LogP contribution >= 0.6 is 0 Å². The number of halogens is 1. The summed E-state index contributed by atoms with van der Waals surface area (Å²) in [5.74, 6) is -0.870. The van der Waals surface area contributed by atoms with Gasteiger partial charge in [0.15, 0.2) is 0 Å². The summed E-state index contributed by atoms with van der Waals surface area (Å²) in [5, 5.41) is 9.06. The lowest BCUT2D eigenvalue weighted by molar-refractivity contribution is -0.146. The number of methoxy groups -OCH3 is 1. The molecule has 0 aromatic heterocycles. The molecule has 1 N–H and O–H groups in total. The van der Waals surface area contributed by atoms with Gasteiger partial charge in [-0.3, -0.25) is 4.79 Å². The fourth-order valence-corrected chi connectivity index (χ4v) is 1.66. The van der Waals surface area contributed by atoms with E-state index < -0.39 is 17.2 Å². The van der Waals surface area contributed by atoms with Crippen molar-refractivity contribution in [1.82, 2.24) is 0 Å². The molecule has 0 aliphatic carbocycles. The van der Waals surface area contributed by atoms with E-state index in [1.54, 1.807) is 20.8 Å². The summed E-state index contributed by atoms with van der Waals surface area (Å²) in [6.07, 6.45) is 0.266. The van der Waals surface area contributed by atoms with Crippen molar-refractivity contribution < 1.29 is 19.0 Å². The average Bonchev–Trinajstić information content (AvgIpc) is 2.22. The summed E-state index contributed by atoms with van der Waals surface area (Å²) >= 11 is 0. The molecule has 0 radical (unpaired) electrons. The lowest BCUT2D eigenvalue weighted by atomic mass is 9.84. The molecule has 0 saturated heterocycles. The van der Waals surface area contributed by atoms with Crippen LogP contribution in [-0.2, 0) is 11.2 Å². The van der Waals surface area contributed by atoms with Gasteiger partial charge in [0.05, 0.1) is 12.5 Å². The van der Waals surface area contributed by atoms with Gasteiger partial charge in [-0.25, -0.2) is 4.39 Å². The first-order chi connectivity index (χ1) is 7.77. The van der Waals surface area contributed by atoms with E-state index in [2.05, 4.69) is 0 Å². The summed E-state index contributed by atoms with van der Waals surface area (Å²) in [5.41, 5.74) is 0.515. The molecule has 17 heavy (non-hydrogen) atoms. The minimum atomic E-state index is -0.927. The molecule has 0 heterocycles. The molecule has 94 valence electrons. The molecule has 1 rings (SSSR count). The zero-order valence-corrected chi connectivity index (χ0v) is 10.5. The number of carboxylic acid groups (broad SMARTS) is 1. The van der Waals surface area contributed by atoms with E-state index in [-0.39, 0.29) is 6.42 Å². The fourth-order valence-electron chi connectivity index (χ4n) is 1.66. The van der Waals surface area contributed by atoms with E-state index in [1.807, 2.05) is 0 Å². The van der Waals surface area contributed by atoms with E-state index in [0.29, 0.717) is 11.3 Å². The van der Waals surface area contributed by atoms with Crippen molar-refractivity contribution in [3.05, 3.63) is 29.1 Å². The molecule has 1 aromatic rings. The van der Waals surface area contributed by atoms with Gasteiger partial charge in [-0.1, -0.05) is 0 Å². The van der Waals surface area contributed by atoms with Crippen molar-refractivity contribution in [2.75, 3.05) is 7.11 Å². The van der Waals surface area contributed by atoms with Crippen molar-refractivity contribution in [1.29, 1.82) is 0 Å². The van der Waals surface area contributed by atoms with Gasteiger partial charge in [0.2, 0.25) is 0 Å². The highest BCUT2D eigenvalue weighted by Crippen LogP contribution is 2.29. The van der Waals surface area contributed by atoms with Gasteiger partial charge in [-0.15, -0.1) is 0 Å². The smallest absolute Gasteiger partial charge is 0.309 e. The average molecular weight is 240 g/mol. The third-order valence-electron chi connectivity index (χ3n) is 2.86. The standard InChI is InChI=1S/C13H17FO3/c1-8-9(7-13(2,3)12(15)16)5-10(14)6-11(8)17-4/h5-6H,7H2,1-4H3,(H,15,16). The topological polar surface area (TPSA) is 46.5 Å². The molecule has 0 fully saturated rings. The zero-order valence-electron chi connectivity index (χ0n) is 10.5. The Morgan fingerprint density at radius 2 is 2.06 bits per heavy atom. The van der Waals surface area contributed by atoms with Crippen LogP contribution in [0, 0.1) is 18.2 Å². The molecular formula is C13H17FO3. The second-order valence-electron chi connectivity index (χ2n) is 4.76. The van der Waals surface area contributed by atoms with Crippen molar-refractivity contribution in [2.24, 2.45) is 5.41 Å². The van der Waals surface area contributed by atoms with Crippen molar-refractivity contribution in [3.8, 4) is 5.75 Å². The minimum Gasteiger partial charge on any atom is -0.496 e. The van der Waals surface area contributed by atoms with Gasteiger partial charge in [-0.05, 0) is 44.4 Å². The van der Waals surface area contributed by atoms with E-state index in [1.165, 1.54) is 19.2 Å². The predicted octanol–water partition coefficient (Wildman–Crippen LogP) is 2.80. The molecule has 0 spiro atoms. The van der Waals surface area contributed by atoms with Gasteiger partial charge >= 0.3 is 5.97 Å². The lowest BCUT2D eigenvalue weighted by Crippen LogP contribution is -2.26. The highest BCUT2D eigenvalue weighted by Gasteiger charge is 2.28. The molecule has 0 saturated carbocycles. The van der Waals surface area contributed by atoms with Crippen molar-refractivity contribution in [3.63, 3.8) is 0 Å². The summed E-state index contributed by atoms with van der Waals surface area (Å²) in [6, 6.07) is 2.66. The summed E-state index contributed by atoms with van der Waals surface area (Å²) in [4.78, 5) is 11.1. The van der Waals surface area contributed by atoms with E-state index in [9.17, 15) is 9.18 Å². The zero-order chi connectivity index (χ0) is 13.2. The Labute approximate surface area is 100 Å². The molecule has 0 bridgehead atoms. The van der Waals surface area contributed by atoms with Crippen LogP contribution < -0.4 is 4.74 Å². The quantitative estimate of drug-likeness (QED) is 0.880. The summed E-state index contributed by atoms with van der Waals surface area (Å²) in [6.45, 7) is 5.03. The van der Waals surface area contributed by atoms with Crippen LogP contribution in [0.5, 0.6) is 5.75 Å². The third-order valence-corrected chi connectivity index (χ3v) is 2.86. The van der Waals surface area contributed by atoms with Crippen LogP contribution in [0.3, 0.4) is 0 Å². The molecule has 4 heteroatoms. The Hall–Kier alpha value is -1.58. The van der Waals surface area contributed by atoms with Gasteiger partial charge < -0.3 is 9.84 Å². The monoisotopic (exact) mass is 240 g/mol. The molecule has 3 nitrogen and oxygen atoms in total. The van der Waals surface area contributed by atoms with Crippen LogP contribution in [0.15, 0.2) is 12.1 Å². The second kappa shape index (κ2) is 4.73. The van der Waals surface area contributed by atoms with Gasteiger partial charge in [0.25, 0.3) is 0 Å². The highest BCUT2D eigenvalue weighted by molar-refractivity contribution is 5.74. The molecule has 0 aliphatic rings. The highest BCUT2D eigenvalue weighted by atomic mass is 19.1. The molecule has 0 unspecified atom stereocenters. The first kappa shape index (κ1) is 13.5. The molecule has 0 atom stereocenters. The molecule has 0 amide bonds. The number of benzene rings is 1. The Morgan fingerprint density at radius 3 is 2.53 bits per heavy atom. The Balaban J connectivity index is 3.15. The first-order valence-electron chi connectivity index (χ1n) is 5.34. The van der Waals surface area contributed by atoms with Crippen LogP contribution in [0.25, 0.3) is 0 Å². The van der Waals surface area contributed by atoms with E-state index in [4.69, 9.17) is 9.84 Å². The SMILES string of the molecule is COc1cc(F)cc(CC(C)(C)C(=O)O)c1C. The summed E-state index contributed by atoms with van der Waals surface area (Å²) in [7, 11) is 1.47. The van der Waals surface area contributed by atoms with Crippen molar-refractivity contribution >= 4 is 5.97 Å².